The molecule has 15 heavy (non-hydrogen) atoms. The summed E-state index contributed by atoms with van der Waals surface area (Å²) < 4.78 is 5.32. The molecule has 0 aromatic heterocycles. The largest absolute Gasteiger partial charge is 0.388 e. The van der Waals surface area contributed by atoms with E-state index in [1.807, 2.05) is 6.07 Å². The molecule has 2 rings (SSSR count). The van der Waals surface area contributed by atoms with Crippen LogP contribution in [0.25, 0.3) is 0 Å². The number of ether oxygens (including phenoxy) is 1. The highest BCUT2D eigenvalue weighted by atomic mass is 16.5. The van der Waals surface area contributed by atoms with Crippen molar-refractivity contribution in [3.8, 4) is 0 Å². The van der Waals surface area contributed by atoms with Gasteiger partial charge in [-0.15, -0.1) is 0 Å². The highest BCUT2D eigenvalue weighted by molar-refractivity contribution is 5.35. The molecular weight excluding hydrogens is 188 g/mol. The summed E-state index contributed by atoms with van der Waals surface area (Å²) in [6, 6.07) is 6.15. The van der Waals surface area contributed by atoms with Crippen molar-refractivity contribution >= 4 is 0 Å². The van der Waals surface area contributed by atoms with Crippen molar-refractivity contribution < 1.29 is 9.84 Å². The minimum Gasteiger partial charge on any atom is -0.388 e. The second-order valence-electron chi connectivity index (χ2n) is 4.37. The molecule has 82 valence electrons. The number of aliphatic hydroxyl groups is 1. The molecule has 2 heteroatoms. The summed E-state index contributed by atoms with van der Waals surface area (Å²) in [7, 11) is 0. The highest BCUT2D eigenvalue weighted by Crippen LogP contribution is 2.32. The van der Waals surface area contributed by atoms with Gasteiger partial charge in [-0.3, -0.25) is 0 Å². The summed E-state index contributed by atoms with van der Waals surface area (Å²) in [6.45, 7) is 5.59. The Morgan fingerprint density at radius 3 is 2.53 bits per heavy atom. The van der Waals surface area contributed by atoms with Crippen molar-refractivity contribution in [1.82, 2.24) is 0 Å². The second-order valence-corrected chi connectivity index (χ2v) is 4.37. The van der Waals surface area contributed by atoms with Crippen molar-refractivity contribution in [2.45, 2.75) is 26.4 Å². The van der Waals surface area contributed by atoms with Crippen molar-refractivity contribution in [3.05, 3.63) is 34.9 Å². The van der Waals surface area contributed by atoms with Crippen LogP contribution in [0.4, 0.5) is 0 Å². The van der Waals surface area contributed by atoms with Gasteiger partial charge in [-0.2, -0.15) is 0 Å². The van der Waals surface area contributed by atoms with Gasteiger partial charge in [0.15, 0.2) is 0 Å². The zero-order valence-corrected chi connectivity index (χ0v) is 9.36. The van der Waals surface area contributed by atoms with Gasteiger partial charge in [-0.05, 0) is 37.0 Å². The molecule has 1 fully saturated rings. The number of hydrogen-bond acceptors (Lipinski definition) is 2. The third kappa shape index (κ3) is 2.06. The lowest BCUT2D eigenvalue weighted by atomic mass is 9.89. The first kappa shape index (κ1) is 10.7. The Hall–Kier alpha value is -0.860. The fraction of sp³-hybridized carbons (Fsp3) is 0.538. The third-order valence-corrected chi connectivity index (χ3v) is 3.25. The summed E-state index contributed by atoms with van der Waals surface area (Å²) in [6.07, 6.45) is 0.600. The molecule has 2 unspecified atom stereocenters. The molecule has 0 spiro atoms. The molecule has 1 aliphatic rings. The Morgan fingerprint density at radius 1 is 1.33 bits per heavy atom. The van der Waals surface area contributed by atoms with Gasteiger partial charge >= 0.3 is 0 Å². The smallest absolute Gasteiger partial charge is 0.0846 e. The minimum atomic E-state index is -0.367. The zero-order chi connectivity index (χ0) is 10.8. The number of rotatable bonds is 2. The fourth-order valence-electron chi connectivity index (χ4n) is 2.33. The van der Waals surface area contributed by atoms with Crippen molar-refractivity contribution in [2.75, 3.05) is 13.2 Å². The van der Waals surface area contributed by atoms with Gasteiger partial charge in [0.25, 0.3) is 0 Å². The summed E-state index contributed by atoms with van der Waals surface area (Å²) in [5.41, 5.74) is 3.44. The predicted molar refractivity (Wildman–Crippen MR) is 59.8 cm³/mol. The Bertz CT molecular complexity index is 320. The van der Waals surface area contributed by atoms with Gasteiger partial charge in [0.2, 0.25) is 0 Å². The van der Waals surface area contributed by atoms with E-state index in [-0.39, 0.29) is 12.0 Å². The van der Waals surface area contributed by atoms with Crippen molar-refractivity contribution in [2.24, 2.45) is 5.92 Å². The Labute approximate surface area is 90.9 Å². The summed E-state index contributed by atoms with van der Waals surface area (Å²) in [4.78, 5) is 0. The first-order chi connectivity index (χ1) is 7.20. The van der Waals surface area contributed by atoms with Crippen molar-refractivity contribution in [3.63, 3.8) is 0 Å². The SMILES string of the molecule is Cc1cccc(C)c1C(O)C1CCOC1. The molecular formula is C13H18O2. The van der Waals surface area contributed by atoms with E-state index < -0.39 is 0 Å². The van der Waals surface area contributed by atoms with Crippen LogP contribution >= 0.6 is 0 Å². The molecule has 2 nitrogen and oxygen atoms in total. The first-order valence-electron chi connectivity index (χ1n) is 5.52. The Balaban J connectivity index is 2.27. The molecule has 0 bridgehead atoms. The standard InChI is InChI=1S/C13H18O2/c1-9-4-3-5-10(2)12(9)13(14)11-6-7-15-8-11/h3-5,11,13-14H,6-8H2,1-2H3. The van der Waals surface area contributed by atoms with Crippen LogP contribution in [-0.2, 0) is 4.74 Å². The monoisotopic (exact) mass is 206 g/mol. The van der Waals surface area contributed by atoms with Gasteiger partial charge < -0.3 is 9.84 Å². The van der Waals surface area contributed by atoms with Gasteiger partial charge in [0, 0.05) is 12.5 Å². The molecule has 2 atom stereocenters. The molecule has 0 saturated carbocycles. The maximum absolute atomic E-state index is 10.3. The average molecular weight is 206 g/mol. The number of aliphatic hydroxyl groups excluding tert-OH is 1. The molecule has 0 amide bonds. The molecule has 1 aliphatic heterocycles. The fourth-order valence-corrected chi connectivity index (χ4v) is 2.33. The molecule has 1 heterocycles. The van der Waals surface area contributed by atoms with E-state index in [2.05, 4.69) is 26.0 Å². The van der Waals surface area contributed by atoms with Gasteiger partial charge in [0.1, 0.15) is 0 Å². The number of benzene rings is 1. The van der Waals surface area contributed by atoms with E-state index in [1.165, 1.54) is 11.1 Å². The van der Waals surface area contributed by atoms with E-state index in [1.54, 1.807) is 0 Å². The van der Waals surface area contributed by atoms with Crippen LogP contribution in [0.3, 0.4) is 0 Å². The molecule has 0 aliphatic carbocycles. The quantitative estimate of drug-likeness (QED) is 0.805. The second kappa shape index (κ2) is 4.33. The highest BCUT2D eigenvalue weighted by Gasteiger charge is 2.26. The molecule has 1 aromatic carbocycles. The topological polar surface area (TPSA) is 29.5 Å². The normalized spacial score (nSPS) is 23.0. The van der Waals surface area contributed by atoms with Crippen LogP contribution in [0.5, 0.6) is 0 Å². The summed E-state index contributed by atoms with van der Waals surface area (Å²) in [5, 5.41) is 10.3. The van der Waals surface area contributed by atoms with Crippen LogP contribution in [0.1, 0.15) is 29.2 Å². The lowest BCUT2D eigenvalue weighted by molar-refractivity contribution is 0.0909. The first-order valence-corrected chi connectivity index (χ1v) is 5.52. The minimum absolute atomic E-state index is 0.268. The molecule has 1 N–H and O–H groups in total. The maximum Gasteiger partial charge on any atom is 0.0846 e. The average Bonchev–Trinajstić information content (AvgIpc) is 2.69. The van der Waals surface area contributed by atoms with Crippen LogP contribution in [0.2, 0.25) is 0 Å². The van der Waals surface area contributed by atoms with Crippen LogP contribution < -0.4 is 0 Å². The van der Waals surface area contributed by atoms with E-state index in [4.69, 9.17) is 4.74 Å². The summed E-state index contributed by atoms with van der Waals surface area (Å²) >= 11 is 0. The number of hydrogen-bond donors (Lipinski definition) is 1. The lowest BCUT2D eigenvalue weighted by Crippen LogP contribution is -2.14. The third-order valence-electron chi connectivity index (χ3n) is 3.25. The lowest BCUT2D eigenvalue weighted by Gasteiger charge is -2.20. The molecule has 1 aromatic rings. The van der Waals surface area contributed by atoms with Gasteiger partial charge in [0.05, 0.1) is 12.7 Å². The van der Waals surface area contributed by atoms with Gasteiger partial charge in [-0.1, -0.05) is 18.2 Å². The Kier molecular flexibility index (Phi) is 3.08. The van der Waals surface area contributed by atoms with Crippen LogP contribution in [-0.4, -0.2) is 18.3 Å². The summed E-state index contributed by atoms with van der Waals surface area (Å²) in [5.74, 6) is 0.268. The van der Waals surface area contributed by atoms with E-state index in [0.29, 0.717) is 6.61 Å². The maximum atomic E-state index is 10.3. The van der Waals surface area contributed by atoms with Crippen LogP contribution in [0.15, 0.2) is 18.2 Å². The van der Waals surface area contributed by atoms with E-state index in [9.17, 15) is 5.11 Å². The van der Waals surface area contributed by atoms with E-state index >= 15 is 0 Å². The van der Waals surface area contributed by atoms with E-state index in [0.717, 1.165) is 18.6 Å². The molecule has 0 radical (unpaired) electrons. The van der Waals surface area contributed by atoms with Crippen molar-refractivity contribution in [1.29, 1.82) is 0 Å². The molecule has 1 saturated heterocycles. The number of aryl methyl sites for hydroxylation is 2. The Morgan fingerprint density at radius 2 is 2.00 bits per heavy atom. The predicted octanol–water partition coefficient (Wildman–Crippen LogP) is 2.37. The zero-order valence-electron chi connectivity index (χ0n) is 9.36. The van der Waals surface area contributed by atoms with Crippen LogP contribution in [0, 0.1) is 19.8 Å². The van der Waals surface area contributed by atoms with Gasteiger partial charge in [-0.25, -0.2) is 0 Å².